The van der Waals surface area contributed by atoms with Gasteiger partial charge in [0.1, 0.15) is 17.9 Å². The fourth-order valence-electron chi connectivity index (χ4n) is 4.53. The van der Waals surface area contributed by atoms with Crippen molar-refractivity contribution in [3.8, 4) is 16.9 Å². The minimum Gasteiger partial charge on any atom is -0.489 e. The molecule has 0 bridgehead atoms. The van der Waals surface area contributed by atoms with Crippen LogP contribution in [0.15, 0.2) is 77.4 Å². The van der Waals surface area contributed by atoms with Crippen molar-refractivity contribution in [1.82, 2.24) is 5.32 Å². The summed E-state index contributed by atoms with van der Waals surface area (Å²) in [5.74, 6) is -0.802. The number of amides is 1. The highest BCUT2D eigenvalue weighted by Gasteiger charge is 2.41. The first-order valence-electron chi connectivity index (χ1n) is 12.0. The molecule has 1 aromatic heterocycles. The van der Waals surface area contributed by atoms with Crippen molar-refractivity contribution in [2.24, 2.45) is 17.6 Å². The molecule has 1 aliphatic rings. The monoisotopic (exact) mass is 484 g/mol. The minimum atomic E-state index is -1.19. The van der Waals surface area contributed by atoms with Crippen molar-refractivity contribution >= 4 is 22.8 Å². The second-order valence-corrected chi connectivity index (χ2v) is 9.31. The highest BCUT2D eigenvalue weighted by Crippen LogP contribution is 2.39. The first kappa shape index (κ1) is 23.6. The Balaban J connectivity index is 1.42. The molecule has 5 rings (SSSR count). The average molecular weight is 485 g/mol. The van der Waals surface area contributed by atoms with E-state index in [1.165, 1.54) is 0 Å². The van der Waals surface area contributed by atoms with Crippen LogP contribution in [0.2, 0.25) is 0 Å². The zero-order chi connectivity index (χ0) is 25.2. The molecule has 4 aromatic rings. The van der Waals surface area contributed by atoms with Crippen LogP contribution in [0.3, 0.4) is 0 Å². The van der Waals surface area contributed by atoms with E-state index in [0.717, 1.165) is 39.6 Å². The molecule has 4 N–H and O–H groups in total. The van der Waals surface area contributed by atoms with Crippen LogP contribution in [0.5, 0.6) is 5.75 Å². The first-order valence-corrected chi connectivity index (χ1v) is 12.0. The number of hydrogen-bond donors (Lipinski definition) is 3. The highest BCUT2D eigenvalue weighted by atomic mass is 16.5. The Morgan fingerprint density at radius 3 is 2.67 bits per heavy atom. The van der Waals surface area contributed by atoms with Crippen molar-refractivity contribution in [2.45, 2.75) is 32.5 Å². The Hall–Kier alpha value is -4.10. The van der Waals surface area contributed by atoms with Gasteiger partial charge in [-0.1, -0.05) is 43.3 Å². The Morgan fingerprint density at radius 1 is 1.11 bits per heavy atom. The maximum atomic E-state index is 12.5. The predicted octanol–water partition coefficient (Wildman–Crippen LogP) is 5.04. The van der Waals surface area contributed by atoms with E-state index in [1.54, 1.807) is 30.5 Å². The summed E-state index contributed by atoms with van der Waals surface area (Å²) >= 11 is 0. The van der Waals surface area contributed by atoms with Gasteiger partial charge < -0.3 is 25.3 Å². The number of rotatable bonds is 9. The van der Waals surface area contributed by atoms with Crippen LogP contribution in [-0.2, 0) is 22.7 Å². The maximum absolute atomic E-state index is 12.5. The summed E-state index contributed by atoms with van der Waals surface area (Å²) in [6.45, 7) is 2.63. The first-order chi connectivity index (χ1) is 17.4. The number of carbonyl (C=O) groups excluding carboxylic acids is 1. The van der Waals surface area contributed by atoms with Gasteiger partial charge in [-0.3, -0.25) is 4.79 Å². The Bertz CT molecular complexity index is 1430. The van der Waals surface area contributed by atoms with Crippen molar-refractivity contribution in [3.63, 3.8) is 0 Å². The Kier molecular flexibility index (Phi) is 6.48. The molecule has 1 heterocycles. The van der Waals surface area contributed by atoms with E-state index in [-0.39, 0.29) is 24.3 Å². The Labute approximate surface area is 208 Å². The lowest BCUT2D eigenvalue weighted by Gasteiger charge is -2.19. The van der Waals surface area contributed by atoms with Crippen LogP contribution in [0.25, 0.3) is 22.1 Å². The van der Waals surface area contributed by atoms with E-state index in [0.29, 0.717) is 17.9 Å². The zero-order valence-corrected chi connectivity index (χ0v) is 19.9. The molecule has 7 heteroatoms. The molecule has 3 aromatic carbocycles. The quantitative estimate of drug-likeness (QED) is 0.307. The number of benzene rings is 3. The molecular weight excluding hydrogens is 456 g/mol. The van der Waals surface area contributed by atoms with Gasteiger partial charge in [0.05, 0.1) is 6.26 Å². The normalized spacial score (nSPS) is 17.5. The topological polar surface area (TPSA) is 115 Å². The molecule has 1 unspecified atom stereocenters. The fourth-order valence-corrected chi connectivity index (χ4v) is 4.53. The molecule has 1 fully saturated rings. The lowest BCUT2D eigenvalue weighted by molar-refractivity contribution is -0.142. The van der Waals surface area contributed by atoms with Crippen molar-refractivity contribution in [2.75, 3.05) is 0 Å². The summed E-state index contributed by atoms with van der Waals surface area (Å²) in [6, 6.07) is 19.6. The number of carbonyl (C=O) groups is 2. The Morgan fingerprint density at radius 2 is 1.92 bits per heavy atom. The van der Waals surface area contributed by atoms with Gasteiger partial charge in [0.25, 0.3) is 0 Å². The number of para-hydroxylation sites is 1. The number of furan rings is 1. The van der Waals surface area contributed by atoms with E-state index < -0.39 is 12.0 Å². The zero-order valence-electron chi connectivity index (χ0n) is 19.9. The molecule has 1 saturated carbocycles. The maximum Gasteiger partial charge on any atom is 0.331 e. The third-order valence-electron chi connectivity index (χ3n) is 6.69. The van der Waals surface area contributed by atoms with Crippen molar-refractivity contribution in [1.29, 1.82) is 0 Å². The van der Waals surface area contributed by atoms with Crippen LogP contribution < -0.4 is 15.8 Å². The lowest BCUT2D eigenvalue weighted by atomic mass is 9.99. The second kappa shape index (κ2) is 9.87. The number of nitrogens with two attached hydrogens (primary N) is 1. The van der Waals surface area contributed by atoms with E-state index in [2.05, 4.69) is 5.32 Å². The van der Waals surface area contributed by atoms with Gasteiger partial charge in [-0.2, -0.15) is 0 Å². The standard InChI is InChI=1S/C29H28N2O5/c1-17-11-23(17)28(32)31-26(29(33)34)22-7-2-3-8-25(22)36-16-19-13-21-9-10-35-27(21)24(14-19)20-6-4-5-18(12-20)15-30/h2-10,12-14,17,23,26H,11,15-16,30H2,1H3,(H,31,32)(H,33,34)/t17-,23-,26?/m1/s1. The van der Waals surface area contributed by atoms with Crippen LogP contribution in [0, 0.1) is 11.8 Å². The van der Waals surface area contributed by atoms with Gasteiger partial charge in [-0.05, 0) is 59.4 Å². The molecule has 1 aliphatic carbocycles. The summed E-state index contributed by atoms with van der Waals surface area (Å²) in [7, 11) is 0. The molecular formula is C29H28N2O5. The molecule has 184 valence electrons. The van der Waals surface area contributed by atoms with Gasteiger partial charge >= 0.3 is 5.97 Å². The van der Waals surface area contributed by atoms with Gasteiger partial charge in [0.2, 0.25) is 5.91 Å². The molecule has 36 heavy (non-hydrogen) atoms. The molecule has 0 spiro atoms. The smallest absolute Gasteiger partial charge is 0.331 e. The highest BCUT2D eigenvalue weighted by molar-refractivity contribution is 5.93. The van der Waals surface area contributed by atoms with E-state index in [1.807, 2.05) is 49.4 Å². The summed E-state index contributed by atoms with van der Waals surface area (Å²) in [4.78, 5) is 24.5. The third kappa shape index (κ3) is 4.83. The molecule has 7 nitrogen and oxygen atoms in total. The van der Waals surface area contributed by atoms with Crippen LogP contribution >= 0.6 is 0 Å². The predicted molar refractivity (Wildman–Crippen MR) is 136 cm³/mol. The average Bonchev–Trinajstić information content (AvgIpc) is 3.44. The summed E-state index contributed by atoms with van der Waals surface area (Å²) < 4.78 is 11.9. The van der Waals surface area contributed by atoms with Crippen LogP contribution in [0.1, 0.15) is 36.1 Å². The van der Waals surface area contributed by atoms with Crippen LogP contribution in [-0.4, -0.2) is 17.0 Å². The van der Waals surface area contributed by atoms with Gasteiger partial charge in [0, 0.05) is 29.0 Å². The number of nitrogens with one attached hydrogen (secondary N) is 1. The van der Waals surface area contributed by atoms with Gasteiger partial charge in [0.15, 0.2) is 6.04 Å². The second-order valence-electron chi connectivity index (χ2n) is 9.31. The molecule has 3 atom stereocenters. The van der Waals surface area contributed by atoms with Gasteiger partial charge in [-0.25, -0.2) is 4.79 Å². The lowest BCUT2D eigenvalue weighted by Crippen LogP contribution is -2.35. The van der Waals surface area contributed by atoms with E-state index in [4.69, 9.17) is 14.9 Å². The minimum absolute atomic E-state index is 0.127. The number of fused-ring (bicyclic) bond motifs is 1. The molecule has 1 amide bonds. The summed E-state index contributed by atoms with van der Waals surface area (Å²) in [5.41, 5.74) is 10.9. The van der Waals surface area contributed by atoms with E-state index >= 15 is 0 Å². The third-order valence-corrected chi connectivity index (χ3v) is 6.69. The number of hydrogen-bond acceptors (Lipinski definition) is 5. The largest absolute Gasteiger partial charge is 0.489 e. The SMILES string of the molecule is C[C@@H]1C[C@H]1C(=O)NC(C(=O)O)c1ccccc1OCc1cc(-c2cccc(CN)c2)c2occc2c1. The summed E-state index contributed by atoms with van der Waals surface area (Å²) in [6.07, 6.45) is 2.44. The summed E-state index contributed by atoms with van der Waals surface area (Å²) in [5, 5.41) is 13.5. The fraction of sp³-hybridized carbons (Fsp3) is 0.241. The number of ether oxygens (including phenoxy) is 1. The number of aliphatic carboxylic acids is 1. The number of carboxylic acid groups (broad SMARTS) is 1. The molecule has 0 aliphatic heterocycles. The van der Waals surface area contributed by atoms with E-state index in [9.17, 15) is 14.7 Å². The molecule has 0 saturated heterocycles. The number of carboxylic acids is 1. The molecule has 0 radical (unpaired) electrons. The van der Waals surface area contributed by atoms with Crippen molar-refractivity contribution < 1.29 is 23.8 Å². The van der Waals surface area contributed by atoms with Gasteiger partial charge in [-0.15, -0.1) is 0 Å². The van der Waals surface area contributed by atoms with Crippen molar-refractivity contribution in [3.05, 3.63) is 89.7 Å². The van der Waals surface area contributed by atoms with Crippen LogP contribution in [0.4, 0.5) is 0 Å².